The molecule has 2 aliphatic carbocycles. The van der Waals surface area contributed by atoms with Crippen LogP contribution in [-0.4, -0.2) is 38.1 Å². The number of nitrogens with zero attached hydrogens (tertiary/aromatic N) is 4. The Morgan fingerprint density at radius 2 is 2.03 bits per heavy atom. The average Bonchev–Trinajstić information content (AvgIpc) is 3.22. The fourth-order valence-electron chi connectivity index (χ4n) is 6.06. The minimum absolute atomic E-state index is 0.291. The molecule has 0 radical (unpaired) electrons. The molecule has 4 aromatic rings. The van der Waals surface area contributed by atoms with Gasteiger partial charge in [-0.15, -0.1) is 11.3 Å². The van der Waals surface area contributed by atoms with Crippen LogP contribution >= 0.6 is 34.5 Å². The number of hydrogen-bond donors (Lipinski definition) is 1. The fourth-order valence-corrected chi connectivity index (χ4v) is 7.36. The Labute approximate surface area is 227 Å². The molecule has 3 aliphatic rings. The first kappa shape index (κ1) is 23.5. The summed E-state index contributed by atoms with van der Waals surface area (Å²) in [6, 6.07) is 9.51. The zero-order valence-corrected chi connectivity index (χ0v) is 22.2. The van der Waals surface area contributed by atoms with Crippen LogP contribution in [0.5, 0.6) is 0 Å². The highest BCUT2D eigenvalue weighted by molar-refractivity contribution is 7.16. The van der Waals surface area contributed by atoms with Crippen molar-refractivity contribution in [2.45, 2.75) is 50.5 Å². The molecule has 7 rings (SSSR count). The van der Waals surface area contributed by atoms with Crippen molar-refractivity contribution in [1.82, 2.24) is 14.8 Å². The molecular weight excluding hydrogens is 531 g/mol. The van der Waals surface area contributed by atoms with Gasteiger partial charge in [0.15, 0.2) is 0 Å². The topological polar surface area (TPSA) is 80.5 Å². The predicted molar refractivity (Wildman–Crippen MR) is 145 cm³/mol. The summed E-state index contributed by atoms with van der Waals surface area (Å²) < 4.78 is 9.78. The molecule has 0 spiro atoms. The van der Waals surface area contributed by atoms with E-state index >= 15 is 0 Å². The van der Waals surface area contributed by atoms with E-state index in [1.807, 2.05) is 30.5 Å². The first-order valence-corrected chi connectivity index (χ1v) is 14.1. The minimum Gasteiger partial charge on any atom is -0.478 e. The molecule has 3 heterocycles. The largest absolute Gasteiger partial charge is 0.478 e. The number of ether oxygens (including phenoxy) is 1. The Morgan fingerprint density at radius 3 is 2.76 bits per heavy atom. The number of anilines is 1. The second-order valence-corrected chi connectivity index (χ2v) is 11.9. The minimum atomic E-state index is -0.939. The number of aromatic carboxylic acids is 1. The molecule has 190 valence electrons. The maximum absolute atomic E-state index is 12.3. The van der Waals surface area contributed by atoms with Gasteiger partial charge in [0.25, 0.3) is 0 Å². The number of hydrogen-bond acceptors (Lipinski definition) is 6. The third-order valence-electron chi connectivity index (χ3n) is 7.95. The Hall–Kier alpha value is -2.65. The summed E-state index contributed by atoms with van der Waals surface area (Å²) in [4.78, 5) is 18.9. The average molecular weight is 555 g/mol. The molecule has 7 nitrogen and oxygen atoms in total. The second-order valence-electron chi connectivity index (χ2n) is 10.2. The van der Waals surface area contributed by atoms with Crippen LogP contribution in [0.25, 0.3) is 21.3 Å². The van der Waals surface area contributed by atoms with Crippen LogP contribution in [0, 0.1) is 5.92 Å². The molecule has 1 saturated heterocycles. The van der Waals surface area contributed by atoms with Gasteiger partial charge < -0.3 is 14.7 Å². The van der Waals surface area contributed by atoms with Crippen LogP contribution in [0.2, 0.25) is 10.0 Å². The third-order valence-corrected chi connectivity index (χ3v) is 9.38. The van der Waals surface area contributed by atoms with Crippen molar-refractivity contribution in [3.05, 3.63) is 63.3 Å². The van der Waals surface area contributed by atoms with Crippen molar-refractivity contribution in [1.29, 1.82) is 0 Å². The number of carboxylic acids is 1. The van der Waals surface area contributed by atoms with Crippen molar-refractivity contribution < 1.29 is 14.6 Å². The molecule has 2 aromatic carbocycles. The standard InChI is InChI=1S/C27H24Cl2N4O3S/c28-19-2-1-3-20(29)25(19)18-11-31-33(16-4-5-16)23(18)13-36-27-7-6-15(10-27)12-32(27)22-9-21-24(37-14-30-21)8-17(22)26(34)35/h1-3,8-9,11,14-16H,4-7,10,12-13H2,(H,34,35)/t15-,27-/m0/s1. The van der Waals surface area contributed by atoms with Crippen molar-refractivity contribution in [3.63, 3.8) is 0 Å². The van der Waals surface area contributed by atoms with E-state index in [1.54, 1.807) is 11.6 Å². The van der Waals surface area contributed by atoms with Crippen molar-refractivity contribution in [2.75, 3.05) is 11.4 Å². The lowest BCUT2D eigenvalue weighted by molar-refractivity contribution is -0.0473. The number of halogens is 2. The van der Waals surface area contributed by atoms with E-state index in [-0.39, 0.29) is 0 Å². The highest BCUT2D eigenvalue weighted by Crippen LogP contribution is 2.51. The molecule has 10 heteroatoms. The molecule has 2 atom stereocenters. The molecule has 0 amide bonds. The first-order chi connectivity index (χ1) is 17.9. The lowest BCUT2D eigenvalue weighted by Crippen LogP contribution is -2.47. The van der Waals surface area contributed by atoms with Gasteiger partial charge in [0.05, 0.1) is 61.6 Å². The summed E-state index contributed by atoms with van der Waals surface area (Å²) >= 11 is 14.6. The first-order valence-electron chi connectivity index (χ1n) is 12.5. The van der Waals surface area contributed by atoms with E-state index in [1.165, 1.54) is 11.3 Å². The molecule has 2 aromatic heterocycles. The van der Waals surface area contributed by atoms with E-state index in [0.29, 0.717) is 39.9 Å². The van der Waals surface area contributed by atoms with Crippen LogP contribution in [0.3, 0.4) is 0 Å². The molecule has 0 unspecified atom stereocenters. The summed E-state index contributed by atoms with van der Waals surface area (Å²) in [5.41, 5.74) is 5.55. The molecule has 37 heavy (non-hydrogen) atoms. The van der Waals surface area contributed by atoms with Crippen LogP contribution in [0.4, 0.5) is 5.69 Å². The number of benzene rings is 2. The number of fused-ring (bicyclic) bond motifs is 3. The highest BCUT2D eigenvalue weighted by atomic mass is 35.5. The lowest BCUT2D eigenvalue weighted by atomic mass is 10.0. The zero-order chi connectivity index (χ0) is 25.3. The summed E-state index contributed by atoms with van der Waals surface area (Å²) in [5, 5.41) is 15.9. The van der Waals surface area contributed by atoms with E-state index in [4.69, 9.17) is 33.0 Å². The van der Waals surface area contributed by atoms with Gasteiger partial charge in [-0.3, -0.25) is 4.68 Å². The molecule has 1 N–H and O–H groups in total. The Balaban J connectivity index is 1.27. The summed E-state index contributed by atoms with van der Waals surface area (Å²) in [5.74, 6) is -0.482. The number of rotatable bonds is 7. The van der Waals surface area contributed by atoms with Gasteiger partial charge in [0.1, 0.15) is 5.72 Å². The number of thiazole rings is 1. The second kappa shape index (κ2) is 8.70. The summed E-state index contributed by atoms with van der Waals surface area (Å²) in [6.45, 7) is 1.10. The van der Waals surface area contributed by atoms with Gasteiger partial charge in [0, 0.05) is 17.7 Å². The van der Waals surface area contributed by atoms with Crippen molar-refractivity contribution in [2.24, 2.45) is 5.92 Å². The summed E-state index contributed by atoms with van der Waals surface area (Å²) in [7, 11) is 0. The fraction of sp³-hybridized carbons (Fsp3) is 0.370. The SMILES string of the molecule is O=C(O)c1cc2scnc2cc1N1C[C@H]2CC[C@]1(OCc1c(-c3c(Cl)cccc3Cl)cnn1C1CC1)C2. The maximum atomic E-state index is 12.3. The van der Waals surface area contributed by atoms with Crippen LogP contribution in [0.15, 0.2) is 42.0 Å². The van der Waals surface area contributed by atoms with Crippen LogP contribution < -0.4 is 4.90 Å². The molecule has 3 fully saturated rings. The number of carbonyl (C=O) groups is 1. The van der Waals surface area contributed by atoms with Crippen LogP contribution in [0.1, 0.15) is 54.2 Å². The van der Waals surface area contributed by atoms with Gasteiger partial charge in [-0.25, -0.2) is 9.78 Å². The van der Waals surface area contributed by atoms with Crippen molar-refractivity contribution >= 4 is 56.4 Å². The quantitative estimate of drug-likeness (QED) is 0.264. The monoisotopic (exact) mass is 554 g/mol. The maximum Gasteiger partial charge on any atom is 0.337 e. The van der Waals surface area contributed by atoms with Gasteiger partial charge in [0.2, 0.25) is 0 Å². The number of piperidine rings is 1. The number of carboxylic acid groups (broad SMARTS) is 1. The molecule has 1 aliphatic heterocycles. The van der Waals surface area contributed by atoms with E-state index in [2.05, 4.69) is 14.6 Å². The van der Waals surface area contributed by atoms with E-state index in [0.717, 1.165) is 65.7 Å². The Bertz CT molecular complexity index is 1530. The molecule has 2 saturated carbocycles. The number of aromatic nitrogens is 3. The predicted octanol–water partition coefficient (Wildman–Crippen LogP) is 7.03. The van der Waals surface area contributed by atoms with Gasteiger partial charge in [-0.1, -0.05) is 29.3 Å². The van der Waals surface area contributed by atoms with Crippen molar-refractivity contribution in [3.8, 4) is 11.1 Å². The van der Waals surface area contributed by atoms with Gasteiger partial charge in [-0.2, -0.15) is 5.10 Å². The summed E-state index contributed by atoms with van der Waals surface area (Å²) in [6.07, 6.45) is 6.76. The molecular formula is C27H24Cl2N4O3S. The Kier molecular flexibility index (Phi) is 5.52. The normalized spacial score (nSPS) is 22.9. The van der Waals surface area contributed by atoms with Crippen LogP contribution in [-0.2, 0) is 11.3 Å². The third kappa shape index (κ3) is 3.84. The Morgan fingerprint density at radius 1 is 1.22 bits per heavy atom. The molecule has 2 bridgehead atoms. The van der Waals surface area contributed by atoms with Gasteiger partial charge in [-0.05, 0) is 62.3 Å². The lowest BCUT2D eigenvalue weighted by Gasteiger charge is -2.41. The highest BCUT2D eigenvalue weighted by Gasteiger charge is 2.53. The van der Waals surface area contributed by atoms with E-state index in [9.17, 15) is 9.90 Å². The van der Waals surface area contributed by atoms with Gasteiger partial charge >= 0.3 is 5.97 Å². The zero-order valence-electron chi connectivity index (χ0n) is 19.9. The van der Waals surface area contributed by atoms with E-state index < -0.39 is 11.7 Å². The smallest absolute Gasteiger partial charge is 0.337 e.